The summed E-state index contributed by atoms with van der Waals surface area (Å²) in [7, 11) is 0. The second kappa shape index (κ2) is 19.9. The van der Waals surface area contributed by atoms with Gasteiger partial charge in [-0.3, -0.25) is 4.79 Å². The van der Waals surface area contributed by atoms with E-state index in [1.807, 2.05) is 0 Å². The molecule has 17 heterocycles. The molecule has 0 saturated carbocycles. The third-order valence-corrected chi connectivity index (χ3v) is 22.7. The number of aliphatic hydroxyl groups is 3. The summed E-state index contributed by atoms with van der Waals surface area (Å²) in [6.07, 6.45) is 0.739. The minimum Gasteiger partial charge on any atom is -0.459 e. The van der Waals surface area contributed by atoms with Crippen molar-refractivity contribution in [1.82, 2.24) is 0 Å². The first kappa shape index (κ1) is 54.6. The molecule has 17 saturated heterocycles. The Hall–Kier alpha value is -1.77. The van der Waals surface area contributed by atoms with E-state index in [0.717, 1.165) is 36.8 Å². The number of hydrogen-bond donors (Lipinski definition) is 3. The van der Waals surface area contributed by atoms with E-state index < -0.39 is 90.3 Å². The monoisotopic (exact) mass is 1140 g/mol. The molecule has 33 atom stereocenters. The summed E-state index contributed by atoms with van der Waals surface area (Å²) in [6.45, 7) is 17.5. The fourth-order valence-corrected chi connectivity index (χ4v) is 18.9. The van der Waals surface area contributed by atoms with Gasteiger partial charge in [0.05, 0.1) is 129 Å². The molecule has 0 amide bonds. The molecular weight excluding hydrogens is 1050 g/mol. The Bertz CT molecular complexity index is 2470. The van der Waals surface area contributed by atoms with Crippen LogP contribution in [0.4, 0.5) is 0 Å². The molecule has 4 unspecified atom stereocenters. The van der Waals surface area contributed by atoms with Crippen LogP contribution in [0.1, 0.15) is 143 Å². The van der Waals surface area contributed by atoms with Gasteiger partial charge in [-0.15, -0.1) is 0 Å². The number of ether oxygens (including phenoxy) is 16. The number of carbonyl (C=O) groups excluding carboxylic acids is 1. The Morgan fingerprint density at radius 2 is 1.20 bits per heavy atom. The number of rotatable bonds is 2. The first-order valence-electron chi connectivity index (χ1n) is 31.5. The van der Waals surface area contributed by atoms with E-state index in [1.165, 1.54) is 0 Å². The molecule has 17 fully saturated rings. The first-order valence-corrected chi connectivity index (χ1v) is 31.5. The maximum atomic E-state index is 14.6. The molecule has 0 aromatic rings. The van der Waals surface area contributed by atoms with Gasteiger partial charge in [-0.1, -0.05) is 40.9 Å². The highest BCUT2D eigenvalue weighted by molar-refractivity contribution is 5.70. The zero-order chi connectivity index (χ0) is 55.2. The molecule has 81 heavy (non-hydrogen) atoms. The average Bonchev–Trinajstić information content (AvgIpc) is 4.40. The second-order valence-electron chi connectivity index (χ2n) is 28.3. The van der Waals surface area contributed by atoms with E-state index in [-0.39, 0.29) is 128 Å². The minimum atomic E-state index is -1.67. The Morgan fingerprint density at radius 3 is 2.05 bits per heavy atom. The van der Waals surface area contributed by atoms with Crippen LogP contribution in [0.15, 0.2) is 24.3 Å². The molecule has 20 nitrogen and oxygen atoms in total. The van der Waals surface area contributed by atoms with Gasteiger partial charge in [0.1, 0.15) is 36.6 Å². The molecule has 3 N–H and O–H groups in total. The van der Waals surface area contributed by atoms with Gasteiger partial charge in [-0.05, 0) is 73.8 Å². The van der Waals surface area contributed by atoms with Crippen LogP contribution in [0, 0.1) is 23.7 Å². The van der Waals surface area contributed by atoms with Crippen molar-refractivity contribution >= 4 is 5.97 Å². The predicted molar refractivity (Wildman–Crippen MR) is 278 cm³/mol. The number of esters is 1. The molecule has 3 spiro atoms. The van der Waals surface area contributed by atoms with Gasteiger partial charge in [0.25, 0.3) is 0 Å². The standard InChI is InChI=1S/C61H86O20/c1-26-13-32-7-9-36-27(2)14-34(66-36)11-12-58-24-48-56(81-58)61(65)57(73-48)55(80-58)54-37(78-61)10-8-33(68-54)15-49(64)74-53-31(6)52-44(70-43(53)16-38(67-32)30(26)5)19-42-46(72-52)22-60(75-42)23-47-51(79-60)29(4)21-59(77-47)20-28(3)50-45(76-59)18-40-41(71-50)17-39(69-40)35(63)25-62/h26,28-29,31-48,50-57,62-63,65H,2,5,7-25H2,1,3-4,6H3/t26-,28+,29+,31+,32+,33-,34+,35?,36+,37+,38-,39?,40?,41?,42-,43+,44+,45+,46-,47+,48+,50+,51+,52+,53-,54+,55+,56-,57+,58-,59-,60+,61+/m1/s1. The van der Waals surface area contributed by atoms with Crippen molar-refractivity contribution in [1.29, 1.82) is 0 Å². The van der Waals surface area contributed by atoms with Gasteiger partial charge < -0.3 is 91.1 Å². The van der Waals surface area contributed by atoms with Gasteiger partial charge >= 0.3 is 5.97 Å². The van der Waals surface area contributed by atoms with Crippen molar-refractivity contribution in [3.63, 3.8) is 0 Å². The van der Waals surface area contributed by atoms with E-state index in [9.17, 15) is 20.1 Å². The van der Waals surface area contributed by atoms with Crippen molar-refractivity contribution < 1.29 is 95.9 Å². The number of carbonyl (C=O) groups is 1. The van der Waals surface area contributed by atoms with Gasteiger partial charge in [0.2, 0.25) is 5.79 Å². The lowest BCUT2D eigenvalue weighted by Gasteiger charge is -2.54. The fraction of sp³-hybridized carbons (Fsp3) is 0.918. The molecule has 0 radical (unpaired) electrons. The zero-order valence-electron chi connectivity index (χ0n) is 47.4. The van der Waals surface area contributed by atoms with E-state index in [4.69, 9.17) is 75.8 Å². The molecule has 0 aliphatic carbocycles. The molecule has 17 aliphatic heterocycles. The van der Waals surface area contributed by atoms with Gasteiger partial charge in [0, 0.05) is 70.1 Å². The predicted octanol–water partition coefficient (Wildman–Crippen LogP) is 4.65. The normalized spacial score (nSPS) is 59.3. The van der Waals surface area contributed by atoms with Crippen LogP contribution in [-0.4, -0.2) is 204 Å². The Labute approximate surface area is 474 Å². The zero-order valence-corrected chi connectivity index (χ0v) is 47.4. The van der Waals surface area contributed by atoms with Crippen molar-refractivity contribution in [3.05, 3.63) is 24.3 Å². The van der Waals surface area contributed by atoms with Gasteiger partial charge in [0.15, 0.2) is 17.4 Å². The summed E-state index contributed by atoms with van der Waals surface area (Å²) < 4.78 is 110. The number of hydrogen-bond acceptors (Lipinski definition) is 20. The highest BCUT2D eigenvalue weighted by Gasteiger charge is 2.76. The van der Waals surface area contributed by atoms with Crippen LogP contribution in [-0.2, 0) is 80.6 Å². The molecule has 17 aliphatic rings. The van der Waals surface area contributed by atoms with Crippen molar-refractivity contribution in [3.8, 4) is 0 Å². The van der Waals surface area contributed by atoms with Crippen molar-refractivity contribution in [2.75, 3.05) is 6.61 Å². The minimum absolute atomic E-state index is 0.00701. The van der Waals surface area contributed by atoms with Crippen LogP contribution in [0.25, 0.3) is 0 Å². The largest absolute Gasteiger partial charge is 0.459 e. The Kier molecular flexibility index (Phi) is 13.4. The highest BCUT2D eigenvalue weighted by atomic mass is 16.8. The highest BCUT2D eigenvalue weighted by Crippen LogP contribution is 2.59. The van der Waals surface area contributed by atoms with E-state index in [2.05, 4.69) is 40.9 Å². The molecule has 450 valence electrons. The van der Waals surface area contributed by atoms with E-state index >= 15 is 0 Å². The van der Waals surface area contributed by atoms with Gasteiger partial charge in [-0.25, -0.2) is 0 Å². The maximum absolute atomic E-state index is 14.6. The average molecular weight is 1140 g/mol. The van der Waals surface area contributed by atoms with Crippen LogP contribution < -0.4 is 0 Å². The summed E-state index contributed by atoms with van der Waals surface area (Å²) >= 11 is 0. The summed E-state index contributed by atoms with van der Waals surface area (Å²) in [5, 5.41) is 32.2. The third kappa shape index (κ3) is 9.04. The molecule has 0 aromatic heterocycles. The van der Waals surface area contributed by atoms with Crippen LogP contribution in [0.5, 0.6) is 0 Å². The SMILES string of the molecule is C=C1C[C@@H]2CC[C@@]34C[C@@H]5O[C@H]6[C@@H](O3)[C@H]3O[C@H](CC[C@@H]3O[C@@]6(O)[C@@H]5O4)CC(=O)O[C@@H]3[C@@H](C)[C@@H]4O[C@@H]5C[C@]6(C[C@@H]7O[C@]8(C[C@H](C)[C@@H]9OC%10CC(C(O)CO)OC%10C[C@@H]9O8)C[C@H](C)[C@@H]7O6)O[C@@H]5C[C@@H]4O[C@H]3C[C@H]3O[C@@H](CC[C@@H]1O2)C[C@@H](C)C3=C. The second-order valence-corrected chi connectivity index (χ2v) is 28.3. The first-order chi connectivity index (χ1) is 38.9. The fourth-order valence-electron chi connectivity index (χ4n) is 18.9. The molecule has 0 aromatic carbocycles. The lowest BCUT2D eigenvalue weighted by atomic mass is 9.78. The molecule has 20 heteroatoms. The number of aliphatic hydroxyl groups excluding tert-OH is 2. The molecular formula is C61H86O20. The topological polar surface area (TPSA) is 225 Å². The smallest absolute Gasteiger partial charge is 0.308 e. The summed E-state index contributed by atoms with van der Waals surface area (Å²) in [5.74, 6) is -4.61. The van der Waals surface area contributed by atoms with Crippen LogP contribution in [0.3, 0.4) is 0 Å². The van der Waals surface area contributed by atoms with Crippen LogP contribution >= 0.6 is 0 Å². The van der Waals surface area contributed by atoms with E-state index in [0.29, 0.717) is 83.5 Å². The van der Waals surface area contributed by atoms with Crippen molar-refractivity contribution in [2.24, 2.45) is 23.7 Å². The maximum Gasteiger partial charge on any atom is 0.308 e. The molecule has 17 rings (SSSR count). The summed E-state index contributed by atoms with van der Waals surface area (Å²) in [4.78, 5) is 14.6. The van der Waals surface area contributed by atoms with Crippen molar-refractivity contribution in [2.45, 2.75) is 319 Å². The lowest BCUT2D eigenvalue weighted by Crippen LogP contribution is -2.67. The number of fused-ring (bicyclic) bond motifs is 11. The lowest BCUT2D eigenvalue weighted by molar-refractivity contribution is -0.369. The summed E-state index contributed by atoms with van der Waals surface area (Å²) in [5.41, 5.74) is 2.10. The quantitative estimate of drug-likeness (QED) is 0.253. The Balaban J connectivity index is 0.631. The summed E-state index contributed by atoms with van der Waals surface area (Å²) in [6, 6.07) is 0. The third-order valence-electron chi connectivity index (χ3n) is 22.7. The Morgan fingerprint density at radius 1 is 0.506 bits per heavy atom. The van der Waals surface area contributed by atoms with Crippen LogP contribution in [0.2, 0.25) is 0 Å². The van der Waals surface area contributed by atoms with E-state index in [1.54, 1.807) is 0 Å². The molecule has 12 bridgehead atoms. The van der Waals surface area contributed by atoms with Gasteiger partial charge in [-0.2, -0.15) is 0 Å².